The molecule has 0 aromatic carbocycles. The molecular formula is C27H43N4O3+. The summed E-state index contributed by atoms with van der Waals surface area (Å²) < 4.78 is 6.42. The highest BCUT2D eigenvalue weighted by Crippen LogP contribution is 2.49. The van der Waals surface area contributed by atoms with Crippen molar-refractivity contribution in [1.29, 1.82) is 5.26 Å². The largest absolute Gasteiger partial charge is 0.370 e. The molecule has 6 unspecified atom stereocenters. The maximum Gasteiger partial charge on any atom is 0.315 e. The summed E-state index contributed by atoms with van der Waals surface area (Å²) in [5.41, 5.74) is 4.68. The number of nitriles is 1. The van der Waals surface area contributed by atoms with Crippen LogP contribution >= 0.6 is 0 Å². The normalized spacial score (nSPS) is 40.9. The minimum atomic E-state index is -0.745. The summed E-state index contributed by atoms with van der Waals surface area (Å²) in [4.78, 5) is 28.0. The highest BCUT2D eigenvalue weighted by atomic mass is 16.5. The van der Waals surface area contributed by atoms with Crippen LogP contribution in [0.25, 0.3) is 0 Å². The van der Waals surface area contributed by atoms with Crippen molar-refractivity contribution in [2.45, 2.75) is 101 Å². The van der Waals surface area contributed by atoms with Crippen molar-refractivity contribution in [2.24, 2.45) is 23.5 Å². The number of fused-ring (bicyclic) bond motifs is 2. The first-order chi connectivity index (χ1) is 16.4. The monoisotopic (exact) mass is 471 g/mol. The number of nitrogens with two attached hydrogens (primary N) is 1. The molecule has 2 bridgehead atoms. The molecule has 3 saturated carbocycles. The lowest BCUT2D eigenvalue weighted by atomic mass is 9.84. The highest BCUT2D eigenvalue weighted by molar-refractivity contribution is 5.80. The summed E-state index contributed by atoms with van der Waals surface area (Å²) in [5, 5.41) is 10.7. The van der Waals surface area contributed by atoms with Crippen LogP contribution in [0.1, 0.15) is 83.5 Å². The Morgan fingerprint density at radius 3 is 2.62 bits per heavy atom. The first-order valence-corrected chi connectivity index (χ1v) is 13.9. The number of ether oxygens (including phenoxy) is 1. The van der Waals surface area contributed by atoms with Gasteiger partial charge in [-0.15, -0.1) is 0 Å². The van der Waals surface area contributed by atoms with Crippen LogP contribution in [0.15, 0.2) is 0 Å². The first kappa shape index (κ1) is 24.2. The SMILES string of the molecule is N#CC1([N+]2(C(=O)CCC(N)=O)CCOC(CC3CCCCC3)C2)CCN(C2CC3CCC2C3)C1. The zero-order valence-corrected chi connectivity index (χ0v) is 20.8. The Hall–Kier alpha value is -1.49. The van der Waals surface area contributed by atoms with Gasteiger partial charge in [0.2, 0.25) is 11.4 Å². The number of carbonyl (C=O) groups excluding carboxylic acids is 2. The molecule has 2 aliphatic heterocycles. The molecule has 0 aromatic heterocycles. The Kier molecular flexibility index (Phi) is 7.03. The summed E-state index contributed by atoms with van der Waals surface area (Å²) in [6.07, 6.45) is 13.6. The van der Waals surface area contributed by atoms with Crippen LogP contribution in [0.5, 0.6) is 0 Å². The smallest absolute Gasteiger partial charge is 0.315 e. The minimum Gasteiger partial charge on any atom is -0.370 e. The van der Waals surface area contributed by atoms with Gasteiger partial charge in [-0.25, -0.2) is 9.28 Å². The number of primary amides is 1. The summed E-state index contributed by atoms with van der Waals surface area (Å²) in [6, 6.07) is 3.29. The maximum absolute atomic E-state index is 13.9. The molecule has 0 aromatic rings. The number of morpholine rings is 1. The standard InChI is InChI=1S/C27H42N4O3/c28-18-27(10-11-30(19-27)24-16-21-6-7-22(24)14-21)31(26(33)9-8-25(29)32)12-13-34-23(17-31)15-20-4-2-1-3-5-20/h20-24H,1-17,19H2,(H-,29,32)/p+1. The van der Waals surface area contributed by atoms with Crippen molar-refractivity contribution in [3.63, 3.8) is 0 Å². The van der Waals surface area contributed by atoms with Crippen molar-refractivity contribution >= 4 is 11.8 Å². The topological polar surface area (TPSA) is 96.4 Å². The predicted molar refractivity (Wildman–Crippen MR) is 128 cm³/mol. The third-order valence-electron chi connectivity index (χ3n) is 10.2. The summed E-state index contributed by atoms with van der Waals surface area (Å²) in [6.45, 7) is 3.20. The number of hydrogen-bond donors (Lipinski definition) is 1. The molecule has 3 aliphatic carbocycles. The van der Waals surface area contributed by atoms with Crippen molar-refractivity contribution in [2.75, 3.05) is 32.8 Å². The van der Waals surface area contributed by atoms with Crippen LogP contribution < -0.4 is 5.73 Å². The number of nitrogens with zero attached hydrogens (tertiary/aromatic N) is 3. The van der Waals surface area contributed by atoms with Gasteiger partial charge in [-0.3, -0.25) is 9.69 Å². The molecule has 0 radical (unpaired) electrons. The van der Waals surface area contributed by atoms with Gasteiger partial charge in [0, 0.05) is 25.4 Å². The van der Waals surface area contributed by atoms with Gasteiger partial charge in [0.1, 0.15) is 25.3 Å². The van der Waals surface area contributed by atoms with Gasteiger partial charge in [-0.2, -0.15) is 5.26 Å². The molecule has 34 heavy (non-hydrogen) atoms. The predicted octanol–water partition coefficient (Wildman–Crippen LogP) is 3.12. The zero-order chi connectivity index (χ0) is 23.8. The van der Waals surface area contributed by atoms with E-state index in [0.717, 1.165) is 31.2 Å². The summed E-state index contributed by atoms with van der Waals surface area (Å²) in [5.74, 6) is 1.86. The summed E-state index contributed by atoms with van der Waals surface area (Å²) >= 11 is 0. The van der Waals surface area contributed by atoms with Gasteiger partial charge in [0.05, 0.1) is 19.6 Å². The Labute approximate surface area is 204 Å². The van der Waals surface area contributed by atoms with E-state index in [1.54, 1.807) is 0 Å². The average Bonchev–Trinajstić information content (AvgIpc) is 3.59. The molecule has 5 aliphatic rings. The Morgan fingerprint density at radius 1 is 1.12 bits per heavy atom. The van der Waals surface area contributed by atoms with Gasteiger partial charge in [0.15, 0.2) is 0 Å². The van der Waals surface area contributed by atoms with Gasteiger partial charge < -0.3 is 10.5 Å². The van der Waals surface area contributed by atoms with Crippen LogP contribution in [0.2, 0.25) is 0 Å². The third kappa shape index (κ3) is 4.42. The van der Waals surface area contributed by atoms with Crippen LogP contribution in [0.3, 0.4) is 0 Å². The molecule has 7 heteroatoms. The van der Waals surface area contributed by atoms with Crippen LogP contribution in [-0.4, -0.2) is 71.7 Å². The lowest BCUT2D eigenvalue weighted by Crippen LogP contribution is -2.73. The minimum absolute atomic E-state index is 0.0103. The van der Waals surface area contributed by atoms with Crippen molar-refractivity contribution < 1.29 is 18.8 Å². The van der Waals surface area contributed by atoms with Gasteiger partial charge in [-0.1, -0.05) is 38.5 Å². The molecule has 2 N–H and O–H groups in total. The van der Waals surface area contributed by atoms with Gasteiger partial charge in [0.25, 0.3) is 0 Å². The second kappa shape index (κ2) is 9.87. The number of hydrogen-bond acceptors (Lipinski definition) is 5. The first-order valence-electron chi connectivity index (χ1n) is 13.9. The lowest BCUT2D eigenvalue weighted by Gasteiger charge is -2.50. The molecule has 2 saturated heterocycles. The molecule has 5 rings (SSSR count). The molecule has 7 nitrogen and oxygen atoms in total. The number of amides is 2. The van der Waals surface area contributed by atoms with E-state index in [1.165, 1.54) is 57.8 Å². The van der Waals surface area contributed by atoms with Gasteiger partial charge in [-0.05, 0) is 43.4 Å². The molecule has 2 amide bonds. The highest BCUT2D eigenvalue weighted by Gasteiger charge is 2.62. The quantitative estimate of drug-likeness (QED) is 0.576. The van der Waals surface area contributed by atoms with E-state index < -0.39 is 11.4 Å². The Morgan fingerprint density at radius 2 is 1.94 bits per heavy atom. The van der Waals surface area contributed by atoms with E-state index in [1.807, 2.05) is 0 Å². The molecule has 0 spiro atoms. The average molecular weight is 472 g/mol. The number of quaternary nitrogens is 1. The number of carbonyl (C=O) groups is 2. The van der Waals surface area contributed by atoms with Crippen LogP contribution in [0, 0.1) is 29.1 Å². The second-order valence-electron chi connectivity index (χ2n) is 12.1. The van der Waals surface area contributed by atoms with E-state index in [0.29, 0.717) is 38.2 Å². The number of rotatable bonds is 7. The fraction of sp³-hybridized carbons (Fsp3) is 0.889. The lowest BCUT2D eigenvalue weighted by molar-refractivity contribution is -0.907. The third-order valence-corrected chi connectivity index (χ3v) is 10.2. The summed E-state index contributed by atoms with van der Waals surface area (Å²) in [7, 11) is 0. The van der Waals surface area contributed by atoms with E-state index in [2.05, 4.69) is 11.0 Å². The Balaban J connectivity index is 1.38. The zero-order valence-electron chi connectivity index (χ0n) is 20.8. The molecule has 5 fully saturated rings. The van der Waals surface area contributed by atoms with E-state index in [4.69, 9.17) is 10.5 Å². The number of likely N-dealkylation sites (tertiary alicyclic amines) is 1. The van der Waals surface area contributed by atoms with Crippen molar-refractivity contribution in [3.05, 3.63) is 0 Å². The van der Waals surface area contributed by atoms with Gasteiger partial charge >= 0.3 is 5.91 Å². The fourth-order valence-corrected chi connectivity index (χ4v) is 8.40. The Bertz CT molecular complexity index is 821. The van der Waals surface area contributed by atoms with Crippen LogP contribution in [-0.2, 0) is 14.3 Å². The second-order valence-corrected chi connectivity index (χ2v) is 12.1. The van der Waals surface area contributed by atoms with Crippen LogP contribution in [0.4, 0.5) is 0 Å². The van der Waals surface area contributed by atoms with E-state index in [-0.39, 0.29) is 29.3 Å². The molecule has 6 atom stereocenters. The van der Waals surface area contributed by atoms with Crippen molar-refractivity contribution in [3.8, 4) is 6.07 Å². The maximum atomic E-state index is 13.9. The molecule has 188 valence electrons. The van der Waals surface area contributed by atoms with E-state index >= 15 is 0 Å². The molecule has 2 heterocycles. The molecular weight excluding hydrogens is 428 g/mol. The van der Waals surface area contributed by atoms with Crippen molar-refractivity contribution in [1.82, 2.24) is 4.90 Å². The fourth-order valence-electron chi connectivity index (χ4n) is 8.40. The van der Waals surface area contributed by atoms with E-state index in [9.17, 15) is 14.9 Å².